The number of nitrogens with zero attached hydrogens (tertiary/aromatic N) is 2. The van der Waals surface area contributed by atoms with Crippen LogP contribution in [0.3, 0.4) is 0 Å². The topological polar surface area (TPSA) is 96.0 Å². The second-order valence-electron chi connectivity index (χ2n) is 11.4. The van der Waals surface area contributed by atoms with Gasteiger partial charge in [-0.05, 0) is 81.3 Å². The molecule has 45 heavy (non-hydrogen) atoms. The summed E-state index contributed by atoms with van der Waals surface area (Å²) in [5, 5.41) is 3.19. The maximum atomic E-state index is 14.5. The molecule has 10 heteroatoms. The van der Waals surface area contributed by atoms with Crippen molar-refractivity contribution in [2.24, 2.45) is 0 Å². The van der Waals surface area contributed by atoms with E-state index in [1.54, 1.807) is 48.5 Å². The Morgan fingerprint density at radius 3 is 2.33 bits per heavy atom. The van der Waals surface area contributed by atoms with Crippen LogP contribution in [0.4, 0.5) is 5.69 Å². The fourth-order valence-corrected chi connectivity index (χ4v) is 7.63. The average Bonchev–Trinajstić information content (AvgIpc) is 3.04. The van der Waals surface area contributed by atoms with Crippen LogP contribution in [0.2, 0.25) is 0 Å². The molecule has 0 spiro atoms. The van der Waals surface area contributed by atoms with Gasteiger partial charge < -0.3 is 15.0 Å². The minimum Gasteiger partial charge on any atom is -0.492 e. The summed E-state index contributed by atoms with van der Waals surface area (Å²) >= 11 is 1.51. The van der Waals surface area contributed by atoms with Crippen molar-refractivity contribution in [1.82, 2.24) is 10.2 Å². The Balaban J connectivity index is 1.75. The highest BCUT2D eigenvalue weighted by Crippen LogP contribution is 2.33. The molecule has 0 heterocycles. The van der Waals surface area contributed by atoms with Crippen LogP contribution in [0.15, 0.2) is 82.6 Å². The van der Waals surface area contributed by atoms with Gasteiger partial charge in [0.1, 0.15) is 18.3 Å². The summed E-state index contributed by atoms with van der Waals surface area (Å²) in [5.74, 6) is -0.329. The molecule has 8 nitrogen and oxygen atoms in total. The third-order valence-corrected chi connectivity index (χ3v) is 10.7. The van der Waals surface area contributed by atoms with Crippen molar-refractivity contribution in [3.8, 4) is 5.75 Å². The van der Waals surface area contributed by atoms with Gasteiger partial charge >= 0.3 is 0 Å². The maximum Gasteiger partial charge on any atom is 0.264 e. The summed E-state index contributed by atoms with van der Waals surface area (Å²) < 4.78 is 35.5. The van der Waals surface area contributed by atoms with Gasteiger partial charge in [0, 0.05) is 17.5 Å². The zero-order valence-corrected chi connectivity index (χ0v) is 28.3. The van der Waals surface area contributed by atoms with E-state index in [9.17, 15) is 18.0 Å². The summed E-state index contributed by atoms with van der Waals surface area (Å²) in [5.41, 5.74) is 2.16. The van der Waals surface area contributed by atoms with Crippen molar-refractivity contribution in [3.63, 3.8) is 0 Å². The van der Waals surface area contributed by atoms with Gasteiger partial charge in [-0.3, -0.25) is 13.9 Å². The number of para-hydroxylation sites is 2. The number of nitrogens with one attached hydrogen (secondary N) is 1. The Hall–Kier alpha value is -3.50. The quantitative estimate of drug-likeness (QED) is 0.198. The average molecular weight is 652 g/mol. The molecule has 1 fully saturated rings. The molecule has 1 atom stereocenters. The second-order valence-corrected chi connectivity index (χ2v) is 14.1. The molecular weight excluding hydrogens is 607 g/mol. The van der Waals surface area contributed by atoms with Crippen molar-refractivity contribution in [2.45, 2.75) is 87.7 Å². The Kier molecular flexibility index (Phi) is 12.4. The third-order valence-electron chi connectivity index (χ3n) is 8.13. The molecule has 1 aliphatic rings. The molecule has 0 saturated heterocycles. The highest BCUT2D eigenvalue weighted by molar-refractivity contribution is 7.98. The molecule has 242 valence electrons. The van der Waals surface area contributed by atoms with E-state index in [0.29, 0.717) is 18.8 Å². The van der Waals surface area contributed by atoms with Gasteiger partial charge in [0.05, 0.1) is 17.2 Å². The lowest BCUT2D eigenvalue weighted by Gasteiger charge is -2.34. The highest BCUT2D eigenvalue weighted by Gasteiger charge is 2.35. The van der Waals surface area contributed by atoms with Gasteiger partial charge in [0.25, 0.3) is 10.0 Å². The summed E-state index contributed by atoms with van der Waals surface area (Å²) in [6, 6.07) is 20.5. The van der Waals surface area contributed by atoms with E-state index in [1.807, 2.05) is 51.3 Å². The van der Waals surface area contributed by atoms with Gasteiger partial charge in [0.15, 0.2) is 0 Å². The van der Waals surface area contributed by atoms with Crippen LogP contribution < -0.4 is 14.4 Å². The van der Waals surface area contributed by atoms with E-state index in [2.05, 4.69) is 5.32 Å². The van der Waals surface area contributed by atoms with E-state index in [4.69, 9.17) is 4.74 Å². The summed E-state index contributed by atoms with van der Waals surface area (Å²) in [7, 11) is -4.21. The lowest BCUT2D eigenvalue weighted by molar-refractivity contribution is -0.140. The van der Waals surface area contributed by atoms with Crippen molar-refractivity contribution < 1.29 is 22.7 Å². The van der Waals surface area contributed by atoms with Crippen molar-refractivity contribution in [1.29, 1.82) is 0 Å². The molecule has 4 rings (SSSR count). The van der Waals surface area contributed by atoms with Crippen molar-refractivity contribution in [2.75, 3.05) is 23.7 Å². The molecule has 0 radical (unpaired) electrons. The fraction of sp³-hybridized carbons (Fsp3) is 0.429. The SMILES string of the molecule is CCOc1ccccc1N(CC(=O)N(Cc1cccc(C)c1)C(CC)C(=O)NC1CCCCC1)S(=O)(=O)c1ccc(SC)cc1. The molecule has 2 amide bonds. The molecule has 0 aliphatic heterocycles. The predicted molar refractivity (Wildman–Crippen MR) is 181 cm³/mol. The Morgan fingerprint density at radius 1 is 0.978 bits per heavy atom. The monoisotopic (exact) mass is 651 g/mol. The number of ether oxygens (including phenoxy) is 1. The molecule has 3 aromatic rings. The first-order chi connectivity index (χ1) is 21.7. The Bertz CT molecular complexity index is 1540. The van der Waals surface area contributed by atoms with Crippen molar-refractivity contribution in [3.05, 3.63) is 83.9 Å². The Morgan fingerprint density at radius 2 is 1.69 bits per heavy atom. The first-order valence-corrected chi connectivity index (χ1v) is 18.4. The zero-order chi connectivity index (χ0) is 32.4. The standard InChI is InChI=1S/C35H45N3O5S2/c1-5-31(35(40)36-28-15-8-7-9-16-28)37(24-27-14-12-13-26(3)23-27)34(39)25-38(32-17-10-11-18-33(32)43-6-2)45(41,42)30-21-19-29(44-4)20-22-30/h10-14,17-23,28,31H,5-9,15-16,24-25H2,1-4H3,(H,36,40). The number of hydrogen-bond donors (Lipinski definition) is 1. The molecule has 3 aromatic carbocycles. The lowest BCUT2D eigenvalue weighted by Crippen LogP contribution is -2.54. The molecular formula is C35H45N3O5S2. The Labute approximate surface area is 272 Å². The maximum absolute atomic E-state index is 14.5. The van der Waals surface area contributed by atoms with Gasteiger partial charge in [0.2, 0.25) is 11.8 Å². The number of sulfonamides is 1. The highest BCUT2D eigenvalue weighted by atomic mass is 32.2. The number of amides is 2. The van der Waals surface area contributed by atoms with E-state index in [1.165, 1.54) is 16.7 Å². The van der Waals surface area contributed by atoms with E-state index in [-0.39, 0.29) is 29.1 Å². The van der Waals surface area contributed by atoms with Crippen LogP contribution in [-0.4, -0.2) is 56.6 Å². The molecule has 1 aliphatic carbocycles. The molecule has 0 aromatic heterocycles. The van der Waals surface area contributed by atoms with Gasteiger partial charge in [-0.15, -0.1) is 11.8 Å². The minimum absolute atomic E-state index is 0.0618. The second kappa shape index (κ2) is 16.2. The van der Waals surface area contributed by atoms with Gasteiger partial charge in [-0.2, -0.15) is 0 Å². The van der Waals surface area contributed by atoms with Crippen LogP contribution in [-0.2, 0) is 26.2 Å². The largest absolute Gasteiger partial charge is 0.492 e. The third kappa shape index (κ3) is 8.82. The minimum atomic E-state index is -4.21. The fourth-order valence-electron chi connectivity index (χ4n) is 5.80. The van der Waals surface area contributed by atoms with Crippen LogP contribution >= 0.6 is 11.8 Å². The van der Waals surface area contributed by atoms with Gasteiger partial charge in [-0.1, -0.05) is 68.1 Å². The van der Waals surface area contributed by atoms with Crippen molar-refractivity contribution >= 4 is 39.3 Å². The first-order valence-electron chi connectivity index (χ1n) is 15.7. The number of aryl methyl sites for hydroxylation is 1. The van der Waals surface area contributed by atoms with Crippen LogP contribution in [0.1, 0.15) is 63.5 Å². The first kappa shape index (κ1) is 34.4. The van der Waals surface area contributed by atoms with Crippen LogP contribution in [0.5, 0.6) is 5.75 Å². The summed E-state index contributed by atoms with van der Waals surface area (Å²) in [4.78, 5) is 30.7. The summed E-state index contributed by atoms with van der Waals surface area (Å²) in [6.45, 7) is 5.66. The number of hydrogen-bond acceptors (Lipinski definition) is 6. The van der Waals surface area contributed by atoms with Crippen LogP contribution in [0.25, 0.3) is 0 Å². The zero-order valence-electron chi connectivity index (χ0n) is 26.7. The number of thioether (sulfide) groups is 1. The normalized spacial score (nSPS) is 14.4. The molecule has 1 unspecified atom stereocenters. The van der Waals surface area contributed by atoms with Crippen LogP contribution in [0, 0.1) is 6.92 Å². The molecule has 1 saturated carbocycles. The van der Waals surface area contributed by atoms with E-state index in [0.717, 1.165) is 52.4 Å². The smallest absolute Gasteiger partial charge is 0.264 e. The summed E-state index contributed by atoms with van der Waals surface area (Å²) in [6.07, 6.45) is 7.44. The number of anilines is 1. The molecule has 0 bridgehead atoms. The number of rotatable bonds is 14. The predicted octanol–water partition coefficient (Wildman–Crippen LogP) is 6.57. The number of benzene rings is 3. The van der Waals surface area contributed by atoms with E-state index >= 15 is 0 Å². The van der Waals surface area contributed by atoms with E-state index < -0.39 is 28.5 Å². The number of carbonyl (C=O) groups is 2. The van der Waals surface area contributed by atoms with Gasteiger partial charge in [-0.25, -0.2) is 8.42 Å². The molecule has 1 N–H and O–H groups in total. The lowest BCUT2D eigenvalue weighted by atomic mass is 9.95. The number of carbonyl (C=O) groups excluding carboxylic acids is 2.